The van der Waals surface area contributed by atoms with Crippen molar-refractivity contribution in [1.29, 1.82) is 0 Å². The third kappa shape index (κ3) is 8.17. The molecule has 2 aliphatic carbocycles. The van der Waals surface area contributed by atoms with Crippen LogP contribution in [0.5, 0.6) is 0 Å². The van der Waals surface area contributed by atoms with Gasteiger partial charge in [0.15, 0.2) is 0 Å². The molecule has 44 heavy (non-hydrogen) atoms. The lowest BCUT2D eigenvalue weighted by atomic mass is 9.87. The fraction of sp³-hybridized carbons (Fsp3) is 0.244. The Morgan fingerprint density at radius 1 is 1.02 bits per heavy atom. The van der Waals surface area contributed by atoms with Crippen molar-refractivity contribution in [3.8, 4) is 0 Å². The second-order valence-corrected chi connectivity index (χ2v) is 11.4. The van der Waals surface area contributed by atoms with Crippen LogP contribution in [0.15, 0.2) is 183 Å². The first-order valence-corrected chi connectivity index (χ1v) is 15.0. The number of hydrogen-bond donors (Lipinski definition) is 0. The molecular formula is C41H45F2N. The SMILES string of the molecule is C=CC=C(C=C(C=C)C(=CC(C)=CCC1=NCC=CC=CC1=C)C1=CC(=C)C=C(C2=C(C)C(C)=C(C)C2C)C=C1C)C(F)F. The van der Waals surface area contributed by atoms with Gasteiger partial charge in [-0.2, -0.15) is 0 Å². The van der Waals surface area contributed by atoms with Crippen LogP contribution in [0.4, 0.5) is 8.78 Å². The number of allylic oxidation sites excluding steroid dienone is 25. The molecule has 0 aromatic heterocycles. The molecule has 0 bridgehead atoms. The van der Waals surface area contributed by atoms with Gasteiger partial charge in [0.2, 0.25) is 0 Å². The van der Waals surface area contributed by atoms with E-state index in [1.807, 2.05) is 43.4 Å². The molecule has 1 nitrogen and oxygen atoms in total. The van der Waals surface area contributed by atoms with Crippen molar-refractivity contribution in [3.05, 3.63) is 178 Å². The quantitative estimate of drug-likeness (QED) is 0.225. The summed E-state index contributed by atoms with van der Waals surface area (Å²) >= 11 is 0. The van der Waals surface area contributed by atoms with E-state index in [0.29, 0.717) is 24.5 Å². The van der Waals surface area contributed by atoms with Gasteiger partial charge >= 0.3 is 0 Å². The second kappa shape index (κ2) is 15.4. The maximum absolute atomic E-state index is 14.0. The first kappa shape index (κ1) is 34.1. The molecule has 1 heterocycles. The highest BCUT2D eigenvalue weighted by Crippen LogP contribution is 2.43. The summed E-state index contributed by atoms with van der Waals surface area (Å²) in [5.41, 5.74) is 13.2. The third-order valence-corrected chi connectivity index (χ3v) is 8.42. The Balaban J connectivity index is 2.17. The summed E-state index contributed by atoms with van der Waals surface area (Å²) in [5, 5.41) is 0. The average Bonchev–Trinajstić information content (AvgIpc) is 3.07. The van der Waals surface area contributed by atoms with Crippen LogP contribution in [0.25, 0.3) is 0 Å². The number of halogens is 2. The first-order valence-electron chi connectivity index (χ1n) is 15.0. The Morgan fingerprint density at radius 3 is 2.36 bits per heavy atom. The van der Waals surface area contributed by atoms with Crippen molar-refractivity contribution in [1.82, 2.24) is 0 Å². The van der Waals surface area contributed by atoms with Crippen molar-refractivity contribution < 1.29 is 8.78 Å². The molecule has 228 valence electrons. The van der Waals surface area contributed by atoms with E-state index in [2.05, 4.69) is 84.2 Å². The molecule has 0 N–H and O–H groups in total. The molecule has 0 saturated heterocycles. The minimum absolute atomic E-state index is 0.131. The van der Waals surface area contributed by atoms with Crippen LogP contribution in [-0.2, 0) is 0 Å². The molecule has 3 rings (SSSR count). The Morgan fingerprint density at radius 2 is 1.75 bits per heavy atom. The van der Waals surface area contributed by atoms with Crippen LogP contribution in [0.2, 0.25) is 0 Å². The molecule has 0 fully saturated rings. The highest BCUT2D eigenvalue weighted by molar-refractivity contribution is 6.03. The summed E-state index contributed by atoms with van der Waals surface area (Å²) < 4.78 is 28.1. The molecule has 0 aromatic carbocycles. The van der Waals surface area contributed by atoms with Gasteiger partial charge in [-0.1, -0.05) is 105 Å². The maximum Gasteiger partial charge on any atom is 0.263 e. The van der Waals surface area contributed by atoms with Crippen molar-refractivity contribution in [2.24, 2.45) is 10.9 Å². The lowest BCUT2D eigenvalue weighted by Crippen LogP contribution is -2.02. The molecule has 0 amide bonds. The zero-order valence-electron chi connectivity index (χ0n) is 27.1. The zero-order valence-corrected chi connectivity index (χ0v) is 27.1. The molecule has 3 aliphatic rings. The standard InChI is InChI=1S/C41H45F2N/c1-11-16-35(41(42)43)25-34(12-2)38(22-26(3)18-19-39-28(5)17-14-13-15-20-44-39)37-23-27(4)21-36(24-29(37)6)40-32(9)30(7)31(8)33(40)10/h11-18,21-25,32,41H,1-2,4-5,19-20H2,3,6-10H3. The zero-order chi connectivity index (χ0) is 32.6. The van der Waals surface area contributed by atoms with E-state index in [9.17, 15) is 8.78 Å². The van der Waals surface area contributed by atoms with Gasteiger partial charge in [-0.25, -0.2) is 8.78 Å². The molecule has 1 aliphatic heterocycles. The average molecular weight is 590 g/mol. The Bertz CT molecular complexity index is 1620. The van der Waals surface area contributed by atoms with E-state index < -0.39 is 6.43 Å². The van der Waals surface area contributed by atoms with Crippen LogP contribution < -0.4 is 0 Å². The van der Waals surface area contributed by atoms with Crippen molar-refractivity contribution in [3.63, 3.8) is 0 Å². The van der Waals surface area contributed by atoms with E-state index in [4.69, 9.17) is 0 Å². The smallest absolute Gasteiger partial charge is 0.263 e. The lowest BCUT2D eigenvalue weighted by Gasteiger charge is -2.17. The van der Waals surface area contributed by atoms with E-state index in [0.717, 1.165) is 44.7 Å². The normalized spacial score (nSPS) is 20.8. The fourth-order valence-electron chi connectivity index (χ4n) is 5.64. The Labute approximate surface area is 263 Å². The third-order valence-electron chi connectivity index (χ3n) is 8.42. The fourth-order valence-corrected chi connectivity index (χ4v) is 5.64. The molecule has 0 saturated carbocycles. The van der Waals surface area contributed by atoms with E-state index >= 15 is 0 Å². The van der Waals surface area contributed by atoms with Crippen molar-refractivity contribution >= 4 is 5.71 Å². The van der Waals surface area contributed by atoms with Gasteiger partial charge in [0.25, 0.3) is 6.43 Å². The number of alkyl halides is 2. The number of nitrogens with zero attached hydrogens (tertiary/aromatic N) is 1. The molecule has 0 radical (unpaired) electrons. The van der Waals surface area contributed by atoms with Gasteiger partial charge in [0, 0.05) is 23.6 Å². The number of hydrogen-bond acceptors (Lipinski definition) is 1. The van der Waals surface area contributed by atoms with Crippen molar-refractivity contribution in [2.75, 3.05) is 6.54 Å². The van der Waals surface area contributed by atoms with Crippen LogP contribution in [0.3, 0.4) is 0 Å². The number of rotatable bonds is 10. The highest BCUT2D eigenvalue weighted by Gasteiger charge is 2.26. The molecular weight excluding hydrogens is 544 g/mol. The van der Waals surface area contributed by atoms with E-state index in [-0.39, 0.29) is 5.57 Å². The lowest BCUT2D eigenvalue weighted by molar-refractivity contribution is 0.194. The molecule has 1 unspecified atom stereocenters. The summed E-state index contributed by atoms with van der Waals surface area (Å²) in [7, 11) is 0. The summed E-state index contributed by atoms with van der Waals surface area (Å²) in [5.74, 6) is 0.303. The summed E-state index contributed by atoms with van der Waals surface area (Å²) in [6.07, 6.45) is 22.2. The van der Waals surface area contributed by atoms with Crippen LogP contribution >= 0.6 is 0 Å². The summed E-state index contributed by atoms with van der Waals surface area (Å²) in [4.78, 5) is 4.68. The van der Waals surface area contributed by atoms with E-state index in [1.165, 1.54) is 40.5 Å². The Hall–Kier alpha value is -4.37. The monoisotopic (exact) mass is 589 g/mol. The molecule has 1 atom stereocenters. The largest absolute Gasteiger partial charge is 0.285 e. The van der Waals surface area contributed by atoms with Gasteiger partial charge in [-0.05, 0) is 109 Å². The maximum atomic E-state index is 14.0. The van der Waals surface area contributed by atoms with Gasteiger partial charge in [0.05, 0.1) is 6.54 Å². The topological polar surface area (TPSA) is 12.4 Å². The number of aliphatic imine (C=N–C) groups is 1. The Kier molecular flexibility index (Phi) is 11.9. The minimum atomic E-state index is -2.66. The van der Waals surface area contributed by atoms with E-state index in [1.54, 1.807) is 6.08 Å². The van der Waals surface area contributed by atoms with Gasteiger partial charge in [0.1, 0.15) is 0 Å². The van der Waals surface area contributed by atoms with Crippen LogP contribution in [0.1, 0.15) is 48.0 Å². The first-order chi connectivity index (χ1) is 20.9. The summed E-state index contributed by atoms with van der Waals surface area (Å²) in [6, 6.07) is 0. The summed E-state index contributed by atoms with van der Waals surface area (Å²) in [6.45, 7) is 29.6. The highest BCUT2D eigenvalue weighted by atomic mass is 19.3. The molecule has 0 spiro atoms. The van der Waals surface area contributed by atoms with Crippen LogP contribution in [0, 0.1) is 5.92 Å². The predicted octanol–water partition coefficient (Wildman–Crippen LogP) is 11.5. The predicted molar refractivity (Wildman–Crippen MR) is 188 cm³/mol. The molecule has 3 heteroatoms. The van der Waals surface area contributed by atoms with Gasteiger partial charge < -0.3 is 0 Å². The van der Waals surface area contributed by atoms with Gasteiger partial charge in [-0.15, -0.1) is 0 Å². The second-order valence-electron chi connectivity index (χ2n) is 11.4. The molecule has 0 aromatic rings. The van der Waals surface area contributed by atoms with Crippen molar-refractivity contribution in [2.45, 2.75) is 54.4 Å². The van der Waals surface area contributed by atoms with Crippen LogP contribution in [-0.4, -0.2) is 18.7 Å². The van der Waals surface area contributed by atoms with Gasteiger partial charge in [-0.3, -0.25) is 4.99 Å². The minimum Gasteiger partial charge on any atom is -0.285 e.